The molecule has 0 spiro atoms. The number of hydrogen-bond donors (Lipinski definition) is 3. The average molecular weight is 567 g/mol. The number of carbonyl (C=O) groups is 2. The van der Waals surface area contributed by atoms with Gasteiger partial charge in [0.05, 0.1) is 41.2 Å². The van der Waals surface area contributed by atoms with Crippen molar-refractivity contribution in [3.8, 4) is 11.3 Å². The van der Waals surface area contributed by atoms with E-state index in [9.17, 15) is 27.2 Å². The highest BCUT2D eigenvalue weighted by Crippen LogP contribution is 2.36. The molecule has 212 valence electrons. The van der Waals surface area contributed by atoms with Gasteiger partial charge in [-0.25, -0.2) is 4.39 Å². The molecule has 0 radical (unpaired) electrons. The maximum Gasteiger partial charge on any atom is 0.416 e. The van der Waals surface area contributed by atoms with Crippen LogP contribution in [0.1, 0.15) is 46.6 Å². The molecule has 1 amide bonds. The lowest BCUT2D eigenvalue weighted by atomic mass is 9.98. The summed E-state index contributed by atoms with van der Waals surface area (Å²) in [5, 5.41) is 19.3. The summed E-state index contributed by atoms with van der Waals surface area (Å²) in [6.45, 7) is 1.83. The number of halogens is 4. The number of nitrogens with zero attached hydrogens (tertiary/aromatic N) is 2. The van der Waals surface area contributed by atoms with Crippen LogP contribution in [0.4, 0.5) is 17.6 Å². The van der Waals surface area contributed by atoms with E-state index in [4.69, 9.17) is 5.11 Å². The molecule has 1 aromatic heterocycles. The van der Waals surface area contributed by atoms with Crippen molar-refractivity contribution in [2.45, 2.75) is 31.6 Å². The summed E-state index contributed by atoms with van der Waals surface area (Å²) in [6.07, 6.45) is 5.05. The summed E-state index contributed by atoms with van der Waals surface area (Å²) in [6, 6.07) is 9.99. The average Bonchev–Trinajstić information content (AvgIpc) is 3.57. The number of carbonyl (C=O) groups excluding carboxylic acids is 1. The number of alkyl halides is 3. The molecule has 41 heavy (non-hydrogen) atoms. The molecule has 0 bridgehead atoms. The number of benzene rings is 2. The Balaban J connectivity index is 1.50. The van der Waals surface area contributed by atoms with Crippen LogP contribution in [-0.2, 0) is 11.0 Å². The van der Waals surface area contributed by atoms with Crippen LogP contribution in [0.25, 0.3) is 17.0 Å². The smallest absolute Gasteiger partial charge is 0.416 e. The van der Waals surface area contributed by atoms with E-state index in [1.165, 1.54) is 0 Å². The van der Waals surface area contributed by atoms with Crippen molar-refractivity contribution in [1.82, 2.24) is 20.4 Å². The molecule has 5 rings (SSSR count). The van der Waals surface area contributed by atoms with Crippen LogP contribution in [0.3, 0.4) is 0 Å². The van der Waals surface area contributed by atoms with Crippen LogP contribution in [0, 0.1) is 11.7 Å². The van der Waals surface area contributed by atoms with Gasteiger partial charge >= 0.3 is 12.1 Å². The largest absolute Gasteiger partial charge is 0.481 e. The van der Waals surface area contributed by atoms with Gasteiger partial charge in [-0.3, -0.25) is 14.3 Å². The Morgan fingerprint density at radius 3 is 2.51 bits per heavy atom. The van der Waals surface area contributed by atoms with Crippen molar-refractivity contribution in [3.63, 3.8) is 0 Å². The third-order valence-electron chi connectivity index (χ3n) is 7.09. The van der Waals surface area contributed by atoms with Gasteiger partial charge in [-0.05, 0) is 55.0 Å². The van der Waals surface area contributed by atoms with Crippen molar-refractivity contribution < 1.29 is 32.3 Å². The van der Waals surface area contributed by atoms with Crippen molar-refractivity contribution in [1.29, 1.82) is 0 Å². The highest BCUT2D eigenvalue weighted by Gasteiger charge is 2.33. The number of amides is 1. The third kappa shape index (κ3) is 5.93. The Hall–Kier alpha value is -4.67. The van der Waals surface area contributed by atoms with E-state index in [0.29, 0.717) is 23.0 Å². The Morgan fingerprint density at radius 1 is 1.10 bits per heavy atom. The van der Waals surface area contributed by atoms with E-state index in [0.717, 1.165) is 17.7 Å². The van der Waals surface area contributed by atoms with Gasteiger partial charge in [0.25, 0.3) is 5.91 Å². The van der Waals surface area contributed by atoms with E-state index >= 15 is 0 Å². The molecule has 2 heterocycles. The van der Waals surface area contributed by atoms with Gasteiger partial charge < -0.3 is 15.7 Å². The summed E-state index contributed by atoms with van der Waals surface area (Å²) in [7, 11) is 0. The highest BCUT2D eigenvalue weighted by atomic mass is 19.4. The molecule has 2 aliphatic rings. The van der Waals surface area contributed by atoms with Crippen LogP contribution in [0.15, 0.2) is 78.9 Å². The number of rotatable bonds is 8. The Labute approximate surface area is 232 Å². The molecule has 7 nitrogen and oxygen atoms in total. The zero-order chi connectivity index (χ0) is 29.3. The topological polar surface area (TPSA) is 96.3 Å². The molecule has 3 aromatic rings. The fourth-order valence-corrected chi connectivity index (χ4v) is 4.87. The zero-order valence-electron chi connectivity index (χ0n) is 21.8. The number of nitrogens with one attached hydrogen (secondary N) is 2. The van der Waals surface area contributed by atoms with E-state index in [-0.39, 0.29) is 36.2 Å². The SMILES string of the molecule is CC(c1ccc(C(=O)NCCC(=O)O)cc1)n1nc(-c2cc(C(F)(F)F)ccc2F)cc1C1=CC2C=CC=CC2N1. The van der Waals surface area contributed by atoms with E-state index in [1.807, 2.05) is 37.3 Å². The van der Waals surface area contributed by atoms with E-state index < -0.39 is 35.5 Å². The Kier molecular flexibility index (Phi) is 7.53. The van der Waals surface area contributed by atoms with Gasteiger partial charge in [0, 0.05) is 23.6 Å². The maximum absolute atomic E-state index is 14.8. The van der Waals surface area contributed by atoms with Gasteiger partial charge in [-0.1, -0.05) is 36.4 Å². The number of fused-ring (bicyclic) bond motifs is 1. The monoisotopic (exact) mass is 566 g/mol. The van der Waals surface area contributed by atoms with Crippen molar-refractivity contribution in [2.24, 2.45) is 5.92 Å². The lowest BCUT2D eigenvalue weighted by molar-refractivity contribution is -0.138. The predicted molar refractivity (Wildman–Crippen MR) is 144 cm³/mol. The second-order valence-electron chi connectivity index (χ2n) is 9.85. The van der Waals surface area contributed by atoms with Crippen LogP contribution < -0.4 is 10.6 Å². The Morgan fingerprint density at radius 2 is 1.83 bits per heavy atom. The first-order chi connectivity index (χ1) is 19.5. The molecule has 3 N–H and O–H groups in total. The first kappa shape index (κ1) is 27.9. The number of aromatic nitrogens is 2. The molecule has 3 atom stereocenters. The minimum absolute atomic E-state index is 0.00122. The molecule has 1 aliphatic carbocycles. The third-order valence-corrected chi connectivity index (χ3v) is 7.09. The zero-order valence-corrected chi connectivity index (χ0v) is 21.8. The molecule has 1 aliphatic heterocycles. The fraction of sp³-hybridized carbons (Fsp3) is 0.233. The number of hydrogen-bond acceptors (Lipinski definition) is 4. The van der Waals surface area contributed by atoms with Gasteiger partial charge in [-0.2, -0.15) is 18.3 Å². The molecule has 11 heteroatoms. The molecule has 0 saturated carbocycles. The van der Waals surface area contributed by atoms with Gasteiger partial charge in [0.2, 0.25) is 0 Å². The van der Waals surface area contributed by atoms with E-state index in [2.05, 4.69) is 15.7 Å². The van der Waals surface area contributed by atoms with Crippen LogP contribution in [0.5, 0.6) is 0 Å². The fourth-order valence-electron chi connectivity index (χ4n) is 4.87. The lowest BCUT2D eigenvalue weighted by Gasteiger charge is -2.19. The summed E-state index contributed by atoms with van der Waals surface area (Å²) < 4.78 is 56.7. The second kappa shape index (κ2) is 11.1. The number of aliphatic carboxylic acids is 1. The molecular weight excluding hydrogens is 540 g/mol. The first-order valence-corrected chi connectivity index (χ1v) is 12.9. The predicted octanol–water partition coefficient (Wildman–Crippen LogP) is 5.58. The quantitative estimate of drug-likeness (QED) is 0.310. The normalized spacial score (nSPS) is 18.4. The molecule has 0 saturated heterocycles. The number of carboxylic acid groups (broad SMARTS) is 1. The van der Waals surface area contributed by atoms with Crippen molar-refractivity contribution in [3.05, 3.63) is 107 Å². The first-order valence-electron chi connectivity index (χ1n) is 12.9. The standard InChI is InChI=1S/C30H26F4N4O3/c1-17(18-6-8-19(9-7-18)29(41)35-13-12-28(39)40)38-27(26-14-20-4-2-3-5-24(20)36-26)16-25(37-38)22-15-21(30(32,33)34)10-11-23(22)31/h2-11,14-17,20,24,36H,12-13H2,1H3,(H,35,41)(H,39,40). The second-order valence-corrected chi connectivity index (χ2v) is 9.85. The van der Waals surface area contributed by atoms with Crippen LogP contribution in [0.2, 0.25) is 0 Å². The molecule has 2 aromatic carbocycles. The number of allylic oxidation sites excluding steroid dienone is 2. The van der Waals surface area contributed by atoms with Crippen molar-refractivity contribution >= 4 is 17.6 Å². The van der Waals surface area contributed by atoms with Crippen LogP contribution in [-0.4, -0.2) is 39.4 Å². The minimum Gasteiger partial charge on any atom is -0.481 e. The summed E-state index contributed by atoms with van der Waals surface area (Å²) >= 11 is 0. The van der Waals surface area contributed by atoms with Gasteiger partial charge in [-0.15, -0.1) is 0 Å². The number of carboxylic acids is 1. The summed E-state index contributed by atoms with van der Waals surface area (Å²) in [5.41, 5.74) is 1.16. The van der Waals surface area contributed by atoms with Crippen molar-refractivity contribution in [2.75, 3.05) is 6.54 Å². The van der Waals surface area contributed by atoms with Gasteiger partial charge in [0.15, 0.2) is 0 Å². The molecular formula is C30H26F4N4O3. The molecule has 3 unspecified atom stereocenters. The van der Waals surface area contributed by atoms with Gasteiger partial charge in [0.1, 0.15) is 5.82 Å². The minimum atomic E-state index is -4.65. The van der Waals surface area contributed by atoms with E-state index in [1.54, 1.807) is 35.0 Å². The summed E-state index contributed by atoms with van der Waals surface area (Å²) in [5.74, 6) is -2.20. The Bertz CT molecular complexity index is 1570. The van der Waals surface area contributed by atoms with Crippen LogP contribution >= 0.6 is 0 Å². The lowest BCUT2D eigenvalue weighted by Crippen LogP contribution is -2.27. The highest BCUT2D eigenvalue weighted by molar-refractivity contribution is 5.94. The molecule has 0 fully saturated rings. The maximum atomic E-state index is 14.8. The summed E-state index contributed by atoms with van der Waals surface area (Å²) in [4.78, 5) is 23.0.